The number of hydrogen-bond donors (Lipinski definition) is 2. The van der Waals surface area contributed by atoms with Crippen LogP contribution < -0.4 is 10.2 Å². The third kappa shape index (κ3) is 4.81. The number of aromatic nitrogens is 1. The second kappa shape index (κ2) is 10.4. The van der Waals surface area contributed by atoms with Gasteiger partial charge in [-0.25, -0.2) is 10.3 Å². The van der Waals surface area contributed by atoms with Crippen molar-refractivity contribution in [2.24, 2.45) is 11.3 Å². The number of carbonyl (C=O) groups is 3. The molecule has 2 aliphatic rings. The van der Waals surface area contributed by atoms with Gasteiger partial charge < -0.3 is 14.4 Å². The van der Waals surface area contributed by atoms with Gasteiger partial charge in [-0.1, -0.05) is 30.3 Å². The van der Waals surface area contributed by atoms with Gasteiger partial charge in [0.2, 0.25) is 11.8 Å². The number of hydroxylamine groups is 1. The summed E-state index contributed by atoms with van der Waals surface area (Å²) >= 11 is 0. The topological polar surface area (TPSA) is 118 Å². The van der Waals surface area contributed by atoms with Crippen molar-refractivity contribution in [3.63, 3.8) is 0 Å². The van der Waals surface area contributed by atoms with E-state index >= 15 is 0 Å². The molecule has 1 aliphatic heterocycles. The van der Waals surface area contributed by atoms with E-state index in [1.165, 1.54) is 12.0 Å². The fourth-order valence-electron chi connectivity index (χ4n) is 5.65. The number of ether oxygens (including phenoxy) is 2. The Bertz CT molecular complexity index is 1370. The number of aryl methyl sites for hydroxylation is 1. The summed E-state index contributed by atoms with van der Waals surface area (Å²) in [4.78, 5) is 44.4. The van der Waals surface area contributed by atoms with Gasteiger partial charge in [0, 0.05) is 23.2 Å². The van der Waals surface area contributed by atoms with Crippen LogP contribution in [0.15, 0.2) is 54.6 Å². The van der Waals surface area contributed by atoms with Gasteiger partial charge in [0.05, 0.1) is 24.0 Å². The van der Waals surface area contributed by atoms with Crippen LogP contribution in [-0.4, -0.2) is 52.6 Å². The van der Waals surface area contributed by atoms with Crippen LogP contribution in [0.1, 0.15) is 36.1 Å². The number of nitrogens with one attached hydrogen (secondary N) is 1. The standard InChI is InChI=1S/C29H31N3O6/c1-18-14-20(22-6-3-4-7-24(22)30-18)17-38-21-11-9-19(10-12-21)15-29(16-23(29)26(33)31-36)28(35)32-13-5-8-25(32)27(34)37-2/h3-4,6-7,9-12,14,23,25,36H,5,8,13,15-17H2,1-2H3,(H,31,33)/t23-,25+,29+/m1/s1. The van der Waals surface area contributed by atoms with Crippen LogP contribution in [0.4, 0.5) is 0 Å². The van der Waals surface area contributed by atoms with Crippen molar-refractivity contribution in [2.75, 3.05) is 13.7 Å². The number of fused-ring (bicyclic) bond motifs is 1. The molecule has 1 saturated carbocycles. The zero-order valence-corrected chi connectivity index (χ0v) is 21.5. The van der Waals surface area contributed by atoms with E-state index in [1.54, 1.807) is 5.48 Å². The average molecular weight is 518 g/mol. The quantitative estimate of drug-likeness (QED) is 0.267. The lowest BCUT2D eigenvalue weighted by atomic mass is 9.91. The summed E-state index contributed by atoms with van der Waals surface area (Å²) in [5.74, 6) is -1.28. The SMILES string of the molecule is COC(=O)[C@@H]1CCCN1C(=O)[C@@]1(Cc2ccc(OCc3cc(C)nc4ccccc34)cc2)C[C@@H]1C(=O)NO. The number of amides is 2. The molecule has 1 aliphatic carbocycles. The van der Waals surface area contributed by atoms with Crippen LogP contribution in [0, 0.1) is 18.3 Å². The van der Waals surface area contributed by atoms with Crippen LogP contribution in [0.5, 0.6) is 5.75 Å². The highest BCUT2D eigenvalue weighted by Crippen LogP contribution is 2.56. The minimum absolute atomic E-state index is 0.251. The number of benzene rings is 2. The van der Waals surface area contributed by atoms with Gasteiger partial charge >= 0.3 is 5.97 Å². The van der Waals surface area contributed by atoms with Crippen molar-refractivity contribution in [1.29, 1.82) is 0 Å². The molecule has 2 heterocycles. The Morgan fingerprint density at radius 1 is 1.16 bits per heavy atom. The Morgan fingerprint density at radius 3 is 2.66 bits per heavy atom. The van der Waals surface area contributed by atoms with Crippen molar-refractivity contribution < 1.29 is 29.1 Å². The molecule has 0 spiro atoms. The Hall–Kier alpha value is -3.98. The van der Waals surface area contributed by atoms with Crippen LogP contribution in [-0.2, 0) is 32.1 Å². The van der Waals surface area contributed by atoms with Gasteiger partial charge in [-0.05, 0) is 62.4 Å². The van der Waals surface area contributed by atoms with Gasteiger partial charge in [0.15, 0.2) is 0 Å². The molecule has 38 heavy (non-hydrogen) atoms. The van der Waals surface area contributed by atoms with Crippen molar-refractivity contribution in [3.05, 3.63) is 71.4 Å². The van der Waals surface area contributed by atoms with Crippen LogP contribution >= 0.6 is 0 Å². The minimum atomic E-state index is -1.01. The van der Waals surface area contributed by atoms with E-state index in [4.69, 9.17) is 9.47 Å². The molecular formula is C29H31N3O6. The lowest BCUT2D eigenvalue weighted by Gasteiger charge is -2.28. The molecule has 9 heteroatoms. The molecule has 1 saturated heterocycles. The predicted molar refractivity (Wildman–Crippen MR) is 138 cm³/mol. The zero-order valence-electron chi connectivity index (χ0n) is 21.5. The Kier molecular flexibility index (Phi) is 7.03. The molecule has 2 fully saturated rings. The van der Waals surface area contributed by atoms with Crippen molar-refractivity contribution in [1.82, 2.24) is 15.4 Å². The van der Waals surface area contributed by atoms with Crippen LogP contribution in [0.25, 0.3) is 10.9 Å². The molecule has 0 unspecified atom stereocenters. The first-order valence-corrected chi connectivity index (χ1v) is 12.8. The van der Waals surface area contributed by atoms with E-state index in [0.717, 1.165) is 27.7 Å². The van der Waals surface area contributed by atoms with Crippen LogP contribution in [0.2, 0.25) is 0 Å². The summed E-state index contributed by atoms with van der Waals surface area (Å²) in [5.41, 5.74) is 4.43. The molecule has 3 atom stereocenters. The van der Waals surface area contributed by atoms with Gasteiger partial charge in [-0.15, -0.1) is 0 Å². The zero-order chi connectivity index (χ0) is 26.9. The summed E-state index contributed by atoms with van der Waals surface area (Å²) in [6, 6.07) is 16.8. The fraction of sp³-hybridized carbons (Fsp3) is 0.379. The third-order valence-electron chi connectivity index (χ3n) is 7.68. The highest BCUT2D eigenvalue weighted by molar-refractivity contribution is 5.97. The molecule has 5 rings (SSSR count). The molecule has 0 bridgehead atoms. The molecule has 3 aromatic rings. The number of para-hydroxylation sites is 1. The summed E-state index contributed by atoms with van der Waals surface area (Å²) < 4.78 is 11.0. The lowest BCUT2D eigenvalue weighted by molar-refractivity contribution is -0.153. The lowest BCUT2D eigenvalue weighted by Crippen LogP contribution is -2.46. The van der Waals surface area contributed by atoms with E-state index in [2.05, 4.69) is 4.98 Å². The Labute approximate surface area is 220 Å². The van der Waals surface area contributed by atoms with E-state index in [-0.39, 0.29) is 5.91 Å². The fourth-order valence-corrected chi connectivity index (χ4v) is 5.65. The first kappa shape index (κ1) is 25.7. The maximum Gasteiger partial charge on any atom is 0.328 e. The summed E-state index contributed by atoms with van der Waals surface area (Å²) in [7, 11) is 1.31. The number of esters is 1. The van der Waals surface area contributed by atoms with Gasteiger partial charge in [-0.3, -0.25) is 19.8 Å². The first-order valence-electron chi connectivity index (χ1n) is 12.8. The molecule has 2 amide bonds. The maximum absolute atomic E-state index is 13.7. The third-order valence-corrected chi connectivity index (χ3v) is 7.68. The number of likely N-dealkylation sites (tertiary alicyclic amines) is 1. The average Bonchev–Trinajstić information content (AvgIpc) is 3.45. The number of pyridine rings is 1. The molecule has 0 radical (unpaired) electrons. The highest BCUT2D eigenvalue weighted by atomic mass is 16.5. The maximum atomic E-state index is 13.7. The highest BCUT2D eigenvalue weighted by Gasteiger charge is 2.65. The second-order valence-electron chi connectivity index (χ2n) is 10.1. The van der Waals surface area contributed by atoms with Crippen molar-refractivity contribution in [2.45, 2.75) is 45.3 Å². The van der Waals surface area contributed by atoms with Crippen LogP contribution in [0.3, 0.4) is 0 Å². The smallest absolute Gasteiger partial charge is 0.328 e. The number of nitrogens with zero attached hydrogens (tertiary/aromatic N) is 2. The molecule has 9 nitrogen and oxygen atoms in total. The number of hydrogen-bond acceptors (Lipinski definition) is 7. The molecule has 198 valence electrons. The predicted octanol–water partition coefficient (Wildman–Crippen LogP) is 3.34. The second-order valence-corrected chi connectivity index (χ2v) is 10.1. The summed E-state index contributed by atoms with van der Waals surface area (Å²) in [5, 5.41) is 10.3. The molecule has 2 N–H and O–H groups in total. The van der Waals surface area contributed by atoms with Crippen molar-refractivity contribution in [3.8, 4) is 5.75 Å². The molecule has 1 aromatic heterocycles. The first-order chi connectivity index (χ1) is 18.4. The molecular weight excluding hydrogens is 486 g/mol. The number of carbonyl (C=O) groups excluding carboxylic acids is 3. The van der Waals surface area contributed by atoms with E-state index in [0.29, 0.717) is 44.6 Å². The van der Waals surface area contributed by atoms with Gasteiger partial charge in [-0.2, -0.15) is 0 Å². The molecule has 2 aromatic carbocycles. The Morgan fingerprint density at radius 2 is 1.92 bits per heavy atom. The van der Waals surface area contributed by atoms with Gasteiger partial charge in [0.25, 0.3) is 0 Å². The van der Waals surface area contributed by atoms with E-state index in [9.17, 15) is 19.6 Å². The largest absolute Gasteiger partial charge is 0.489 e. The van der Waals surface area contributed by atoms with Crippen molar-refractivity contribution >= 4 is 28.7 Å². The normalized spacial score (nSPS) is 22.2. The Balaban J connectivity index is 1.31. The number of methoxy groups -OCH3 is 1. The number of rotatable bonds is 8. The van der Waals surface area contributed by atoms with E-state index < -0.39 is 29.3 Å². The van der Waals surface area contributed by atoms with Gasteiger partial charge in [0.1, 0.15) is 18.4 Å². The minimum Gasteiger partial charge on any atom is -0.489 e. The summed E-state index contributed by atoms with van der Waals surface area (Å²) in [6.07, 6.45) is 1.83. The summed E-state index contributed by atoms with van der Waals surface area (Å²) in [6.45, 7) is 2.78. The monoisotopic (exact) mass is 517 g/mol. The van der Waals surface area contributed by atoms with E-state index in [1.807, 2.05) is 61.5 Å².